The number of rotatable bonds is 5. The average molecular weight is 429 g/mol. The van der Waals surface area contributed by atoms with E-state index in [-0.39, 0.29) is 30.8 Å². The van der Waals surface area contributed by atoms with Gasteiger partial charge in [-0.05, 0) is 29.1 Å². The number of urea groups is 1. The number of primary amides is 1. The van der Waals surface area contributed by atoms with Crippen molar-refractivity contribution in [3.8, 4) is 0 Å². The van der Waals surface area contributed by atoms with Crippen LogP contribution in [0.4, 0.5) is 4.79 Å². The maximum Gasteiger partial charge on any atom is 0.312 e. The molecule has 0 aliphatic carbocycles. The van der Waals surface area contributed by atoms with Gasteiger partial charge in [0.1, 0.15) is 0 Å². The Morgan fingerprint density at radius 2 is 2.19 bits per heavy atom. The molecule has 0 spiro atoms. The monoisotopic (exact) mass is 428 g/mol. The van der Waals surface area contributed by atoms with Crippen LogP contribution in [0.1, 0.15) is 28.9 Å². The first-order chi connectivity index (χ1) is 12.5. The molecule has 0 saturated carbocycles. The third-order valence-electron chi connectivity index (χ3n) is 4.38. The molecular formula is C18H22Cl2N4O2S. The smallest absolute Gasteiger partial charge is 0.312 e. The molecule has 6 nitrogen and oxygen atoms in total. The lowest BCUT2D eigenvalue weighted by Gasteiger charge is -2.37. The number of halogens is 2. The molecule has 1 fully saturated rings. The summed E-state index contributed by atoms with van der Waals surface area (Å²) in [4.78, 5) is 27.1. The molecule has 2 atom stereocenters. The predicted octanol–water partition coefficient (Wildman–Crippen LogP) is 3.10. The second kappa shape index (κ2) is 9.94. The zero-order chi connectivity index (χ0) is 18.5. The third kappa shape index (κ3) is 5.59. The minimum Gasteiger partial charge on any atom is -0.352 e. The van der Waals surface area contributed by atoms with Gasteiger partial charge in [0.25, 0.3) is 0 Å². The summed E-state index contributed by atoms with van der Waals surface area (Å²) in [6, 6.07) is 10.2. The van der Waals surface area contributed by atoms with E-state index in [0.717, 1.165) is 17.0 Å². The van der Waals surface area contributed by atoms with Gasteiger partial charge < -0.3 is 21.3 Å². The van der Waals surface area contributed by atoms with Crippen LogP contribution in [0.3, 0.4) is 0 Å². The summed E-state index contributed by atoms with van der Waals surface area (Å²) in [5, 5.41) is 8.56. The summed E-state index contributed by atoms with van der Waals surface area (Å²) in [5.41, 5.74) is 6.29. The van der Waals surface area contributed by atoms with Crippen molar-refractivity contribution in [2.45, 2.75) is 18.5 Å². The Hall–Kier alpha value is -1.80. The second-order valence-corrected chi connectivity index (χ2v) is 7.56. The lowest BCUT2D eigenvalue weighted by atomic mass is 10.0. The first-order valence-electron chi connectivity index (χ1n) is 8.39. The molecule has 9 heteroatoms. The van der Waals surface area contributed by atoms with E-state index >= 15 is 0 Å². The minimum atomic E-state index is -0.636. The van der Waals surface area contributed by atoms with Crippen molar-refractivity contribution in [2.24, 2.45) is 5.73 Å². The fourth-order valence-corrected chi connectivity index (χ4v) is 4.17. The summed E-state index contributed by atoms with van der Waals surface area (Å²) in [6.45, 7) is 2.00. The van der Waals surface area contributed by atoms with E-state index in [2.05, 4.69) is 10.6 Å². The maximum atomic E-state index is 13.0. The third-order valence-corrected chi connectivity index (χ3v) is 5.60. The molecule has 1 aromatic carbocycles. The Bertz CT molecular complexity index is 772. The Morgan fingerprint density at radius 1 is 1.37 bits per heavy atom. The largest absolute Gasteiger partial charge is 0.352 e. The number of nitrogens with one attached hydrogen (secondary N) is 2. The molecule has 1 saturated heterocycles. The van der Waals surface area contributed by atoms with Crippen LogP contribution in [0.5, 0.6) is 0 Å². The molecule has 4 N–H and O–H groups in total. The van der Waals surface area contributed by atoms with Gasteiger partial charge in [-0.3, -0.25) is 4.79 Å². The van der Waals surface area contributed by atoms with Crippen molar-refractivity contribution in [2.75, 3.05) is 19.6 Å². The Morgan fingerprint density at radius 3 is 2.85 bits per heavy atom. The molecule has 0 radical (unpaired) electrons. The van der Waals surface area contributed by atoms with Crippen LogP contribution in [0.25, 0.3) is 0 Å². The van der Waals surface area contributed by atoms with Gasteiger partial charge in [-0.2, -0.15) is 0 Å². The fraction of sp³-hybridized carbons (Fsp3) is 0.333. The number of thiophene rings is 1. The van der Waals surface area contributed by atoms with Crippen LogP contribution < -0.4 is 16.4 Å². The molecule has 2 unspecified atom stereocenters. The summed E-state index contributed by atoms with van der Waals surface area (Å²) in [7, 11) is 0. The maximum absolute atomic E-state index is 13.0. The average Bonchev–Trinajstić information content (AvgIpc) is 3.15. The summed E-state index contributed by atoms with van der Waals surface area (Å²) < 4.78 is 0. The minimum absolute atomic E-state index is 0. The topological polar surface area (TPSA) is 87.5 Å². The number of piperazine rings is 1. The standard InChI is InChI=1S/C18H21ClN4O2S.ClH/c19-13-4-1-3-12(9-13)15-11-21-6-7-23(15)17(24)10-14(22-18(20)25)16-5-2-8-26-16;/h1-5,8-9,14-15,21H,6-7,10-11H2,(H3,20,22,25);1H. The molecule has 1 aliphatic heterocycles. The fourth-order valence-electron chi connectivity index (χ4n) is 3.19. The number of nitrogens with two attached hydrogens (primary N) is 1. The molecule has 3 rings (SSSR count). The van der Waals surface area contributed by atoms with E-state index in [1.807, 2.05) is 46.7 Å². The van der Waals surface area contributed by atoms with Crippen LogP contribution in [0, 0.1) is 0 Å². The van der Waals surface area contributed by atoms with E-state index < -0.39 is 12.1 Å². The van der Waals surface area contributed by atoms with Gasteiger partial charge in [-0.1, -0.05) is 29.8 Å². The molecule has 2 aromatic rings. The zero-order valence-corrected chi connectivity index (χ0v) is 16.9. The molecule has 0 bridgehead atoms. The molecule has 2 heterocycles. The molecule has 27 heavy (non-hydrogen) atoms. The van der Waals surface area contributed by atoms with Gasteiger partial charge in [-0.25, -0.2) is 4.79 Å². The normalized spacial score (nSPS) is 17.7. The van der Waals surface area contributed by atoms with Crippen LogP contribution in [-0.2, 0) is 4.79 Å². The van der Waals surface area contributed by atoms with Gasteiger partial charge in [0.05, 0.1) is 18.5 Å². The van der Waals surface area contributed by atoms with Gasteiger partial charge in [0, 0.05) is 29.5 Å². The lowest BCUT2D eigenvalue weighted by molar-refractivity contribution is -0.135. The van der Waals surface area contributed by atoms with E-state index in [4.69, 9.17) is 17.3 Å². The predicted molar refractivity (Wildman–Crippen MR) is 110 cm³/mol. The van der Waals surface area contributed by atoms with Crippen LogP contribution in [0.15, 0.2) is 41.8 Å². The summed E-state index contributed by atoms with van der Waals surface area (Å²) in [5.74, 6) is -0.0244. The van der Waals surface area contributed by atoms with E-state index in [1.54, 1.807) is 0 Å². The van der Waals surface area contributed by atoms with E-state index in [1.165, 1.54) is 11.3 Å². The van der Waals surface area contributed by atoms with E-state index in [0.29, 0.717) is 18.1 Å². The molecule has 3 amide bonds. The number of benzene rings is 1. The van der Waals surface area contributed by atoms with Gasteiger partial charge in [0.2, 0.25) is 5.91 Å². The second-order valence-electron chi connectivity index (χ2n) is 6.14. The number of carbonyl (C=O) groups excluding carboxylic acids is 2. The highest BCUT2D eigenvalue weighted by atomic mass is 35.5. The Kier molecular flexibility index (Phi) is 7.91. The number of hydrogen-bond acceptors (Lipinski definition) is 4. The SMILES string of the molecule is Cl.NC(=O)NC(CC(=O)N1CCNCC1c1cccc(Cl)c1)c1cccs1. The zero-order valence-electron chi connectivity index (χ0n) is 14.6. The number of carbonyl (C=O) groups is 2. The summed E-state index contributed by atoms with van der Waals surface area (Å²) in [6.07, 6.45) is 0.167. The lowest BCUT2D eigenvalue weighted by Crippen LogP contribution is -2.49. The van der Waals surface area contributed by atoms with Crippen LogP contribution >= 0.6 is 35.3 Å². The molecular weight excluding hydrogens is 407 g/mol. The van der Waals surface area contributed by atoms with Gasteiger partial charge in [-0.15, -0.1) is 23.7 Å². The Balaban J connectivity index is 0.00000261. The molecule has 146 valence electrons. The molecule has 1 aliphatic rings. The number of hydrogen-bond donors (Lipinski definition) is 3. The number of nitrogens with zero attached hydrogens (tertiary/aromatic N) is 1. The first-order valence-corrected chi connectivity index (χ1v) is 9.65. The van der Waals surface area contributed by atoms with Crippen molar-refractivity contribution in [3.05, 3.63) is 57.2 Å². The van der Waals surface area contributed by atoms with Crippen LogP contribution in [-0.4, -0.2) is 36.5 Å². The molecule has 1 aromatic heterocycles. The first kappa shape index (κ1) is 21.5. The van der Waals surface area contributed by atoms with Crippen molar-refractivity contribution in [1.82, 2.24) is 15.5 Å². The van der Waals surface area contributed by atoms with Crippen molar-refractivity contribution < 1.29 is 9.59 Å². The van der Waals surface area contributed by atoms with E-state index in [9.17, 15) is 9.59 Å². The summed E-state index contributed by atoms with van der Waals surface area (Å²) >= 11 is 7.61. The van der Waals surface area contributed by atoms with Gasteiger partial charge in [0.15, 0.2) is 0 Å². The highest BCUT2D eigenvalue weighted by Crippen LogP contribution is 2.28. The number of amides is 3. The van der Waals surface area contributed by atoms with Gasteiger partial charge >= 0.3 is 6.03 Å². The Labute approximate surface area is 173 Å². The van der Waals surface area contributed by atoms with Crippen molar-refractivity contribution in [3.63, 3.8) is 0 Å². The quantitative estimate of drug-likeness (QED) is 0.683. The van der Waals surface area contributed by atoms with Crippen LogP contribution in [0.2, 0.25) is 5.02 Å². The highest BCUT2D eigenvalue weighted by Gasteiger charge is 2.30. The van der Waals surface area contributed by atoms with Crippen molar-refractivity contribution >= 4 is 47.3 Å². The van der Waals surface area contributed by atoms with Crippen molar-refractivity contribution in [1.29, 1.82) is 0 Å². The highest BCUT2D eigenvalue weighted by molar-refractivity contribution is 7.10.